The van der Waals surface area contributed by atoms with Gasteiger partial charge in [0.25, 0.3) is 0 Å². The number of nitrogens with two attached hydrogens (primary N) is 1. The number of primary amides is 1. The van der Waals surface area contributed by atoms with Crippen LogP contribution < -0.4 is 15.2 Å². The summed E-state index contributed by atoms with van der Waals surface area (Å²) in [6, 6.07) is 23.8. The average Bonchev–Trinajstić information content (AvgIpc) is 2.90. The number of fused-ring (bicyclic) bond motifs is 1. The molecule has 0 unspecified atom stereocenters. The molecule has 6 heteroatoms. The molecule has 0 radical (unpaired) electrons. The smallest absolute Gasteiger partial charge is 0.248 e. The highest BCUT2D eigenvalue weighted by molar-refractivity contribution is 5.98. The lowest BCUT2D eigenvalue weighted by Crippen LogP contribution is -2.33. The van der Waals surface area contributed by atoms with Crippen molar-refractivity contribution >= 4 is 16.7 Å². The number of carbonyl (C=O) groups is 1. The van der Waals surface area contributed by atoms with Crippen molar-refractivity contribution < 1.29 is 19.4 Å². The van der Waals surface area contributed by atoms with E-state index in [2.05, 4.69) is 4.90 Å². The monoisotopic (exact) mass is 482 g/mol. The van der Waals surface area contributed by atoms with Gasteiger partial charge in [-0.15, -0.1) is 0 Å². The molecule has 4 aromatic rings. The van der Waals surface area contributed by atoms with Crippen LogP contribution in [0.4, 0.5) is 0 Å². The van der Waals surface area contributed by atoms with Crippen LogP contribution >= 0.6 is 0 Å². The van der Waals surface area contributed by atoms with E-state index in [0.717, 1.165) is 47.3 Å². The fourth-order valence-corrected chi connectivity index (χ4v) is 4.66. The number of ether oxygens (including phenoxy) is 2. The summed E-state index contributed by atoms with van der Waals surface area (Å²) in [5.74, 6) is 1.79. The molecule has 1 aliphatic heterocycles. The third-order valence-electron chi connectivity index (χ3n) is 6.58. The normalized spacial score (nSPS) is 14.0. The van der Waals surface area contributed by atoms with Crippen molar-refractivity contribution in [3.63, 3.8) is 0 Å². The van der Waals surface area contributed by atoms with Crippen LogP contribution in [0.5, 0.6) is 23.0 Å². The third-order valence-corrected chi connectivity index (χ3v) is 6.58. The summed E-state index contributed by atoms with van der Waals surface area (Å²) in [5, 5.41) is 11.7. The Labute approximate surface area is 210 Å². The van der Waals surface area contributed by atoms with Crippen LogP contribution in [0.2, 0.25) is 0 Å². The molecule has 0 atom stereocenters. The molecular formula is C30H30N2O4. The second-order valence-electron chi connectivity index (χ2n) is 9.12. The van der Waals surface area contributed by atoms with Crippen LogP contribution in [0.25, 0.3) is 21.9 Å². The van der Waals surface area contributed by atoms with Gasteiger partial charge in [0, 0.05) is 23.1 Å². The summed E-state index contributed by atoms with van der Waals surface area (Å²) in [5.41, 5.74) is 7.57. The molecule has 5 rings (SSSR count). The second kappa shape index (κ2) is 10.7. The van der Waals surface area contributed by atoms with Gasteiger partial charge < -0.3 is 20.3 Å². The van der Waals surface area contributed by atoms with Crippen LogP contribution in [-0.4, -0.2) is 42.2 Å². The highest BCUT2D eigenvalue weighted by atomic mass is 16.5. The Hall–Kier alpha value is -4.03. The molecule has 1 aliphatic rings. The second-order valence-corrected chi connectivity index (χ2v) is 9.12. The van der Waals surface area contributed by atoms with Gasteiger partial charge in [-0.05, 0) is 97.5 Å². The fourth-order valence-electron chi connectivity index (χ4n) is 4.66. The van der Waals surface area contributed by atoms with Gasteiger partial charge in [-0.25, -0.2) is 0 Å². The van der Waals surface area contributed by atoms with E-state index in [-0.39, 0.29) is 5.75 Å². The number of piperidine rings is 1. The highest BCUT2D eigenvalue weighted by Gasteiger charge is 2.15. The lowest BCUT2D eigenvalue weighted by molar-refractivity contribution is 0.100. The highest BCUT2D eigenvalue weighted by Crippen LogP contribution is 2.41. The molecule has 184 valence electrons. The zero-order valence-electron chi connectivity index (χ0n) is 20.2. The first-order chi connectivity index (χ1) is 17.6. The minimum atomic E-state index is -0.485. The molecule has 0 saturated carbocycles. The van der Waals surface area contributed by atoms with Crippen LogP contribution in [0.3, 0.4) is 0 Å². The van der Waals surface area contributed by atoms with Crippen molar-refractivity contribution in [1.82, 2.24) is 4.90 Å². The van der Waals surface area contributed by atoms with Gasteiger partial charge in [0.1, 0.15) is 29.6 Å². The molecule has 1 saturated heterocycles. The van der Waals surface area contributed by atoms with Gasteiger partial charge in [0.15, 0.2) is 0 Å². The molecule has 6 nitrogen and oxygen atoms in total. The lowest BCUT2D eigenvalue weighted by Gasteiger charge is -2.26. The number of hydrogen-bond donors (Lipinski definition) is 2. The molecular weight excluding hydrogens is 452 g/mol. The maximum atomic E-state index is 11.8. The number of nitrogens with zero attached hydrogens (tertiary/aromatic N) is 1. The number of amides is 1. The molecule has 0 aliphatic carbocycles. The van der Waals surface area contributed by atoms with Gasteiger partial charge in [0.05, 0.1) is 0 Å². The Balaban J connectivity index is 1.40. The van der Waals surface area contributed by atoms with Crippen molar-refractivity contribution in [2.75, 3.05) is 26.2 Å². The van der Waals surface area contributed by atoms with E-state index in [9.17, 15) is 9.90 Å². The van der Waals surface area contributed by atoms with Crippen LogP contribution in [-0.2, 0) is 0 Å². The molecule has 0 spiro atoms. The zero-order valence-corrected chi connectivity index (χ0v) is 20.2. The first kappa shape index (κ1) is 23.7. The summed E-state index contributed by atoms with van der Waals surface area (Å²) in [6.45, 7) is 3.91. The van der Waals surface area contributed by atoms with Gasteiger partial charge in [-0.2, -0.15) is 0 Å². The Kier molecular flexibility index (Phi) is 7.05. The molecule has 0 bridgehead atoms. The number of benzene rings is 4. The molecule has 1 fully saturated rings. The number of phenolic OH excluding ortho intramolecular Hbond substituents is 1. The lowest BCUT2D eigenvalue weighted by atomic mass is 9.98. The number of aromatic hydroxyl groups is 1. The van der Waals surface area contributed by atoms with Gasteiger partial charge in [-0.1, -0.05) is 24.6 Å². The van der Waals surface area contributed by atoms with E-state index in [1.807, 2.05) is 48.5 Å². The number of hydrogen-bond acceptors (Lipinski definition) is 5. The average molecular weight is 483 g/mol. The van der Waals surface area contributed by atoms with E-state index in [1.165, 1.54) is 19.3 Å². The van der Waals surface area contributed by atoms with Crippen LogP contribution in [0.15, 0.2) is 78.9 Å². The summed E-state index contributed by atoms with van der Waals surface area (Å²) < 4.78 is 12.4. The number of likely N-dealkylation sites (tertiary alicyclic amines) is 1. The van der Waals surface area contributed by atoms with Crippen LogP contribution in [0, 0.1) is 0 Å². The zero-order chi connectivity index (χ0) is 24.9. The van der Waals surface area contributed by atoms with Crippen molar-refractivity contribution in [2.45, 2.75) is 19.3 Å². The van der Waals surface area contributed by atoms with Gasteiger partial charge >= 0.3 is 0 Å². The Morgan fingerprint density at radius 2 is 1.67 bits per heavy atom. The van der Waals surface area contributed by atoms with Crippen LogP contribution in [0.1, 0.15) is 29.6 Å². The molecule has 0 aromatic heterocycles. The molecule has 3 N–H and O–H groups in total. The maximum Gasteiger partial charge on any atom is 0.248 e. The molecule has 36 heavy (non-hydrogen) atoms. The summed E-state index contributed by atoms with van der Waals surface area (Å²) in [6.07, 6.45) is 3.87. The number of rotatable bonds is 8. The predicted octanol–water partition coefficient (Wildman–Crippen LogP) is 5.97. The van der Waals surface area contributed by atoms with E-state index in [4.69, 9.17) is 15.2 Å². The topological polar surface area (TPSA) is 85.0 Å². The minimum Gasteiger partial charge on any atom is -0.508 e. The first-order valence-corrected chi connectivity index (χ1v) is 12.4. The largest absolute Gasteiger partial charge is 0.508 e. The summed E-state index contributed by atoms with van der Waals surface area (Å²) in [7, 11) is 0. The summed E-state index contributed by atoms with van der Waals surface area (Å²) in [4.78, 5) is 14.2. The maximum absolute atomic E-state index is 11.8. The van der Waals surface area contributed by atoms with Gasteiger partial charge in [0.2, 0.25) is 5.91 Å². The summed E-state index contributed by atoms with van der Waals surface area (Å²) >= 11 is 0. The van der Waals surface area contributed by atoms with E-state index >= 15 is 0 Å². The fraction of sp³-hybridized carbons (Fsp3) is 0.233. The molecule has 1 amide bonds. The van der Waals surface area contributed by atoms with E-state index in [0.29, 0.717) is 23.7 Å². The van der Waals surface area contributed by atoms with E-state index < -0.39 is 5.91 Å². The SMILES string of the molecule is NC(=O)c1cccc(-c2ccc3cc(O)ccc3c2Oc2ccc(OCCN3CCCCC3)cc2)c1. The van der Waals surface area contributed by atoms with Crippen molar-refractivity contribution in [2.24, 2.45) is 5.73 Å². The van der Waals surface area contributed by atoms with E-state index in [1.54, 1.807) is 30.3 Å². The predicted molar refractivity (Wildman–Crippen MR) is 142 cm³/mol. The number of carbonyl (C=O) groups excluding carboxylic acids is 1. The van der Waals surface area contributed by atoms with Crippen molar-refractivity contribution in [3.05, 3.63) is 84.4 Å². The first-order valence-electron chi connectivity index (χ1n) is 12.4. The minimum absolute atomic E-state index is 0.183. The quantitative estimate of drug-likeness (QED) is 0.323. The standard InChI is InChI=1S/C30H30N2O4/c31-30(34)23-6-4-5-21(19-23)27-13-7-22-20-24(33)8-14-28(22)29(27)36-26-11-9-25(10-12-26)35-18-17-32-15-2-1-3-16-32/h4-14,19-20,33H,1-3,15-18H2,(H2,31,34). The van der Waals surface area contributed by atoms with Crippen molar-refractivity contribution in [1.29, 1.82) is 0 Å². The van der Waals surface area contributed by atoms with Crippen molar-refractivity contribution in [3.8, 4) is 34.1 Å². The number of phenols is 1. The molecule has 4 aromatic carbocycles. The Morgan fingerprint density at radius 3 is 2.44 bits per heavy atom. The third kappa shape index (κ3) is 5.44. The Bertz CT molecular complexity index is 1360. The molecule has 1 heterocycles. The Morgan fingerprint density at radius 1 is 0.889 bits per heavy atom. The van der Waals surface area contributed by atoms with Gasteiger partial charge in [-0.3, -0.25) is 9.69 Å².